The third kappa shape index (κ3) is 4.45. The van der Waals surface area contributed by atoms with E-state index in [2.05, 4.69) is 28.2 Å². The average Bonchev–Trinajstić information content (AvgIpc) is 2.18. The minimum atomic E-state index is 0.241. The van der Waals surface area contributed by atoms with Gasteiger partial charge in [0.1, 0.15) is 0 Å². The zero-order chi connectivity index (χ0) is 10.4. The summed E-state index contributed by atoms with van der Waals surface area (Å²) in [4.78, 5) is 12.1. The first kappa shape index (κ1) is 12.0. The lowest BCUT2D eigenvalue weighted by Crippen LogP contribution is -2.37. The van der Waals surface area contributed by atoms with Crippen molar-refractivity contribution >= 4 is 21.8 Å². The summed E-state index contributed by atoms with van der Waals surface area (Å²) < 4.78 is 0. The highest BCUT2D eigenvalue weighted by atomic mass is 79.9. The van der Waals surface area contributed by atoms with Crippen LogP contribution in [0, 0.1) is 0 Å². The van der Waals surface area contributed by atoms with E-state index >= 15 is 0 Å². The van der Waals surface area contributed by atoms with E-state index in [1.807, 2.05) is 0 Å². The summed E-state index contributed by atoms with van der Waals surface area (Å²) in [5.41, 5.74) is 0. The molecule has 0 aromatic rings. The summed E-state index contributed by atoms with van der Waals surface area (Å²) in [6.45, 7) is 2.11. The SMILES string of the molecule is CCCCC(=O)NC1CCC(Br)CC1. The molecule has 0 heterocycles. The molecule has 0 aromatic carbocycles. The predicted molar refractivity (Wildman–Crippen MR) is 62.6 cm³/mol. The van der Waals surface area contributed by atoms with Crippen LogP contribution >= 0.6 is 15.9 Å². The maximum Gasteiger partial charge on any atom is 0.220 e. The molecule has 14 heavy (non-hydrogen) atoms. The van der Waals surface area contributed by atoms with Crippen LogP contribution in [0.3, 0.4) is 0 Å². The molecule has 0 bridgehead atoms. The van der Waals surface area contributed by atoms with Gasteiger partial charge in [0.2, 0.25) is 5.91 Å². The number of carbonyl (C=O) groups is 1. The van der Waals surface area contributed by atoms with Crippen molar-refractivity contribution in [1.29, 1.82) is 0 Å². The molecule has 0 aromatic heterocycles. The first-order valence-corrected chi connectivity index (χ1v) is 6.57. The van der Waals surface area contributed by atoms with E-state index in [1.165, 1.54) is 12.8 Å². The van der Waals surface area contributed by atoms with Crippen molar-refractivity contribution in [2.24, 2.45) is 0 Å². The molecule has 0 unspecified atom stereocenters. The highest BCUT2D eigenvalue weighted by Gasteiger charge is 2.20. The summed E-state index contributed by atoms with van der Waals surface area (Å²) in [7, 11) is 0. The second kappa shape index (κ2) is 6.44. The molecule has 1 aliphatic rings. The minimum absolute atomic E-state index is 0.241. The first-order chi connectivity index (χ1) is 6.72. The Balaban J connectivity index is 2.14. The molecule has 1 N–H and O–H groups in total. The van der Waals surface area contributed by atoms with Crippen LogP contribution < -0.4 is 5.32 Å². The van der Waals surface area contributed by atoms with Gasteiger partial charge in [0.05, 0.1) is 0 Å². The van der Waals surface area contributed by atoms with Gasteiger partial charge in [-0.05, 0) is 32.1 Å². The molecule has 0 atom stereocenters. The molecule has 1 fully saturated rings. The van der Waals surface area contributed by atoms with Gasteiger partial charge in [-0.25, -0.2) is 0 Å². The second-order valence-electron chi connectivity index (χ2n) is 4.12. The lowest BCUT2D eigenvalue weighted by atomic mass is 9.95. The Kier molecular flexibility index (Phi) is 5.53. The Morgan fingerprint density at radius 1 is 1.36 bits per heavy atom. The van der Waals surface area contributed by atoms with Gasteiger partial charge < -0.3 is 5.32 Å². The molecule has 1 amide bonds. The zero-order valence-corrected chi connectivity index (χ0v) is 10.5. The molecular weight excluding hydrogens is 242 g/mol. The van der Waals surface area contributed by atoms with Crippen molar-refractivity contribution < 1.29 is 4.79 Å². The van der Waals surface area contributed by atoms with Crippen LogP contribution in [0.25, 0.3) is 0 Å². The van der Waals surface area contributed by atoms with Crippen LogP contribution in [-0.4, -0.2) is 16.8 Å². The number of nitrogens with one attached hydrogen (secondary N) is 1. The molecule has 82 valence electrons. The van der Waals surface area contributed by atoms with Crippen molar-refractivity contribution in [3.63, 3.8) is 0 Å². The van der Waals surface area contributed by atoms with Gasteiger partial charge in [-0.2, -0.15) is 0 Å². The summed E-state index contributed by atoms with van der Waals surface area (Å²) >= 11 is 3.61. The minimum Gasteiger partial charge on any atom is -0.353 e. The van der Waals surface area contributed by atoms with Gasteiger partial charge >= 0.3 is 0 Å². The molecule has 0 radical (unpaired) electrons. The van der Waals surface area contributed by atoms with Gasteiger partial charge in [-0.1, -0.05) is 29.3 Å². The van der Waals surface area contributed by atoms with Crippen molar-refractivity contribution in [3.8, 4) is 0 Å². The standard InChI is InChI=1S/C11H20BrNO/c1-2-3-4-11(14)13-10-7-5-9(12)6-8-10/h9-10H,2-8H2,1H3,(H,13,14). The molecular formula is C11H20BrNO. The largest absolute Gasteiger partial charge is 0.353 e. The Morgan fingerprint density at radius 3 is 2.57 bits per heavy atom. The summed E-state index contributed by atoms with van der Waals surface area (Å²) in [5, 5.41) is 3.11. The van der Waals surface area contributed by atoms with E-state index < -0.39 is 0 Å². The monoisotopic (exact) mass is 261 g/mol. The number of hydrogen-bond donors (Lipinski definition) is 1. The van der Waals surface area contributed by atoms with Crippen molar-refractivity contribution in [3.05, 3.63) is 0 Å². The topological polar surface area (TPSA) is 29.1 Å². The van der Waals surface area contributed by atoms with Crippen LogP contribution in [0.2, 0.25) is 0 Å². The molecule has 1 saturated carbocycles. The smallest absolute Gasteiger partial charge is 0.220 e. The number of hydrogen-bond acceptors (Lipinski definition) is 1. The Morgan fingerprint density at radius 2 is 2.00 bits per heavy atom. The number of alkyl halides is 1. The molecule has 0 saturated heterocycles. The number of unbranched alkanes of at least 4 members (excludes halogenated alkanes) is 1. The van der Waals surface area contributed by atoms with Gasteiger partial charge in [-0.15, -0.1) is 0 Å². The van der Waals surface area contributed by atoms with Gasteiger partial charge in [0, 0.05) is 17.3 Å². The van der Waals surface area contributed by atoms with Crippen LogP contribution in [-0.2, 0) is 4.79 Å². The van der Waals surface area contributed by atoms with Crippen LogP contribution in [0.1, 0.15) is 51.9 Å². The summed E-state index contributed by atoms with van der Waals surface area (Å²) in [6.07, 6.45) is 7.46. The van der Waals surface area contributed by atoms with Crippen molar-refractivity contribution in [2.45, 2.75) is 62.7 Å². The van der Waals surface area contributed by atoms with Gasteiger partial charge in [0.25, 0.3) is 0 Å². The predicted octanol–water partition coefficient (Wildman–Crippen LogP) is 3.00. The maximum atomic E-state index is 11.4. The van der Waals surface area contributed by atoms with E-state index in [9.17, 15) is 4.79 Å². The first-order valence-electron chi connectivity index (χ1n) is 5.65. The molecule has 3 heteroatoms. The average molecular weight is 262 g/mol. The van der Waals surface area contributed by atoms with Crippen molar-refractivity contribution in [2.75, 3.05) is 0 Å². The molecule has 0 spiro atoms. The third-order valence-corrected chi connectivity index (χ3v) is 3.69. The molecule has 1 aliphatic carbocycles. The Hall–Kier alpha value is -0.0500. The maximum absolute atomic E-state index is 11.4. The number of carbonyl (C=O) groups excluding carboxylic acids is 1. The number of halogens is 1. The van der Waals surface area contributed by atoms with Crippen LogP contribution in [0.4, 0.5) is 0 Å². The molecule has 1 rings (SSSR count). The summed E-state index contributed by atoms with van der Waals surface area (Å²) in [5.74, 6) is 0.241. The zero-order valence-electron chi connectivity index (χ0n) is 8.89. The third-order valence-electron chi connectivity index (χ3n) is 2.78. The number of rotatable bonds is 4. The van der Waals surface area contributed by atoms with Crippen LogP contribution in [0.5, 0.6) is 0 Å². The van der Waals surface area contributed by atoms with E-state index in [1.54, 1.807) is 0 Å². The fourth-order valence-corrected chi connectivity index (χ4v) is 2.36. The van der Waals surface area contributed by atoms with Gasteiger partial charge in [0.15, 0.2) is 0 Å². The van der Waals surface area contributed by atoms with Crippen LogP contribution in [0.15, 0.2) is 0 Å². The highest BCUT2D eigenvalue weighted by molar-refractivity contribution is 9.09. The Labute approximate surface area is 95.0 Å². The van der Waals surface area contributed by atoms with E-state index in [4.69, 9.17) is 0 Å². The lowest BCUT2D eigenvalue weighted by molar-refractivity contribution is -0.122. The fraction of sp³-hybridized carbons (Fsp3) is 0.909. The normalized spacial score (nSPS) is 27.3. The molecule has 2 nitrogen and oxygen atoms in total. The fourth-order valence-electron chi connectivity index (χ4n) is 1.83. The quantitative estimate of drug-likeness (QED) is 0.775. The van der Waals surface area contributed by atoms with E-state index in [0.29, 0.717) is 17.3 Å². The lowest BCUT2D eigenvalue weighted by Gasteiger charge is -2.26. The van der Waals surface area contributed by atoms with Gasteiger partial charge in [-0.3, -0.25) is 4.79 Å². The number of amides is 1. The van der Waals surface area contributed by atoms with Crippen molar-refractivity contribution in [1.82, 2.24) is 5.32 Å². The second-order valence-corrected chi connectivity index (χ2v) is 5.41. The van der Waals surface area contributed by atoms with E-state index in [0.717, 1.165) is 25.7 Å². The summed E-state index contributed by atoms with van der Waals surface area (Å²) in [6, 6.07) is 0.438. The molecule has 0 aliphatic heterocycles. The highest BCUT2D eigenvalue weighted by Crippen LogP contribution is 2.24. The Bertz CT molecular complexity index is 176. The van der Waals surface area contributed by atoms with E-state index in [-0.39, 0.29) is 5.91 Å².